The summed E-state index contributed by atoms with van der Waals surface area (Å²) in [5.41, 5.74) is 5.30. The molecule has 0 atom stereocenters. The van der Waals surface area contributed by atoms with E-state index in [1.165, 1.54) is 11.1 Å². The number of amides is 1. The second-order valence-corrected chi connectivity index (χ2v) is 7.40. The molecule has 2 aromatic heterocycles. The molecule has 0 aliphatic carbocycles. The van der Waals surface area contributed by atoms with Gasteiger partial charge >= 0.3 is 0 Å². The van der Waals surface area contributed by atoms with Crippen molar-refractivity contribution in [2.75, 3.05) is 11.9 Å². The third-order valence-electron chi connectivity index (χ3n) is 5.36. The van der Waals surface area contributed by atoms with Crippen molar-refractivity contribution in [2.24, 2.45) is 7.05 Å². The van der Waals surface area contributed by atoms with E-state index in [-0.39, 0.29) is 5.91 Å². The van der Waals surface area contributed by atoms with Gasteiger partial charge in [-0.15, -0.1) is 0 Å². The van der Waals surface area contributed by atoms with Crippen LogP contribution in [0.2, 0.25) is 0 Å². The van der Waals surface area contributed by atoms with Gasteiger partial charge in [0.2, 0.25) is 0 Å². The van der Waals surface area contributed by atoms with Crippen molar-refractivity contribution in [3.8, 4) is 11.1 Å². The summed E-state index contributed by atoms with van der Waals surface area (Å²) in [6, 6.07) is 14.0. The van der Waals surface area contributed by atoms with Gasteiger partial charge in [-0.3, -0.25) is 9.48 Å². The molecule has 0 saturated heterocycles. The van der Waals surface area contributed by atoms with Crippen LogP contribution in [0.1, 0.15) is 21.5 Å². The number of hydrogen-bond acceptors (Lipinski definition) is 4. The van der Waals surface area contributed by atoms with Crippen LogP contribution in [-0.4, -0.2) is 27.2 Å². The highest BCUT2D eigenvalue weighted by Gasteiger charge is 2.13. The van der Waals surface area contributed by atoms with E-state index in [1.54, 1.807) is 10.9 Å². The zero-order valence-electron chi connectivity index (χ0n) is 16.1. The molecule has 3 heterocycles. The highest BCUT2D eigenvalue weighted by molar-refractivity contribution is 6.04. The number of hydrogen-bond donors (Lipinski definition) is 2. The minimum atomic E-state index is -0.137. The van der Waals surface area contributed by atoms with E-state index in [2.05, 4.69) is 32.8 Å². The lowest BCUT2D eigenvalue weighted by Crippen LogP contribution is -2.24. The van der Waals surface area contributed by atoms with Crippen molar-refractivity contribution < 1.29 is 4.79 Å². The van der Waals surface area contributed by atoms with Gasteiger partial charge in [-0.25, -0.2) is 4.98 Å². The molecule has 6 nitrogen and oxygen atoms in total. The molecule has 4 aromatic rings. The lowest BCUT2D eigenvalue weighted by molar-refractivity contribution is 0.102. The maximum absolute atomic E-state index is 12.7. The van der Waals surface area contributed by atoms with Crippen molar-refractivity contribution in [3.63, 3.8) is 0 Å². The fourth-order valence-corrected chi connectivity index (χ4v) is 3.77. The van der Waals surface area contributed by atoms with Gasteiger partial charge in [0.1, 0.15) is 5.82 Å². The van der Waals surface area contributed by atoms with Gasteiger partial charge in [0, 0.05) is 42.5 Å². The number of carbonyl (C=O) groups excluding carboxylic acids is 1. The first-order valence-electron chi connectivity index (χ1n) is 9.68. The molecule has 1 amide bonds. The maximum Gasteiger partial charge on any atom is 0.256 e. The predicted molar refractivity (Wildman–Crippen MR) is 114 cm³/mol. The van der Waals surface area contributed by atoms with Gasteiger partial charge in [0.05, 0.1) is 6.20 Å². The third-order valence-corrected chi connectivity index (χ3v) is 5.36. The highest BCUT2D eigenvalue weighted by Crippen LogP contribution is 2.25. The number of aromatic nitrogens is 3. The van der Waals surface area contributed by atoms with Crippen molar-refractivity contribution >= 4 is 22.5 Å². The molecule has 0 saturated carbocycles. The Balaban J connectivity index is 1.42. The first-order chi connectivity index (χ1) is 14.2. The summed E-state index contributed by atoms with van der Waals surface area (Å²) in [4.78, 5) is 17.2. The van der Waals surface area contributed by atoms with E-state index in [4.69, 9.17) is 0 Å². The minimum Gasteiger partial charge on any atom is -0.312 e. The zero-order chi connectivity index (χ0) is 19.8. The van der Waals surface area contributed by atoms with Gasteiger partial charge in [0.15, 0.2) is 0 Å². The van der Waals surface area contributed by atoms with Gasteiger partial charge in [-0.05, 0) is 59.3 Å². The molecule has 0 radical (unpaired) electrons. The van der Waals surface area contributed by atoms with E-state index >= 15 is 0 Å². The van der Waals surface area contributed by atoms with E-state index in [1.807, 2.05) is 49.8 Å². The summed E-state index contributed by atoms with van der Waals surface area (Å²) in [5.74, 6) is 0.409. The lowest BCUT2D eigenvalue weighted by Gasteiger charge is -2.17. The van der Waals surface area contributed by atoms with E-state index in [0.29, 0.717) is 11.4 Å². The summed E-state index contributed by atoms with van der Waals surface area (Å²) in [5, 5.41) is 12.6. The van der Waals surface area contributed by atoms with Gasteiger partial charge < -0.3 is 10.6 Å². The van der Waals surface area contributed by atoms with Crippen LogP contribution >= 0.6 is 0 Å². The van der Waals surface area contributed by atoms with Crippen LogP contribution in [0.15, 0.2) is 61.1 Å². The van der Waals surface area contributed by atoms with Crippen LogP contribution < -0.4 is 10.6 Å². The largest absolute Gasteiger partial charge is 0.312 e. The summed E-state index contributed by atoms with van der Waals surface area (Å²) >= 11 is 0. The Morgan fingerprint density at radius 1 is 1.03 bits per heavy atom. The van der Waals surface area contributed by atoms with Crippen molar-refractivity contribution in [1.29, 1.82) is 0 Å². The van der Waals surface area contributed by atoms with Crippen LogP contribution in [0.3, 0.4) is 0 Å². The Hall–Kier alpha value is -3.51. The standard InChI is InChI=1S/C23H21N5O/c1-28-14-21(13-26-28)15-2-4-19-12-25-22(10-20(19)9-15)27-23(29)17-3-5-18-11-24-7-6-16(18)8-17/h2-5,8-10,12-14,24H,6-7,11H2,1H3,(H,25,27,29). The maximum atomic E-state index is 12.7. The van der Waals surface area contributed by atoms with Crippen LogP contribution in [-0.2, 0) is 20.0 Å². The summed E-state index contributed by atoms with van der Waals surface area (Å²) in [6.45, 7) is 1.81. The number of nitrogens with one attached hydrogen (secondary N) is 2. The molecule has 1 aliphatic rings. The van der Waals surface area contributed by atoms with Crippen LogP contribution in [0.5, 0.6) is 0 Å². The normalized spacial score (nSPS) is 13.3. The van der Waals surface area contributed by atoms with E-state index < -0.39 is 0 Å². The SMILES string of the molecule is Cn1cc(-c2ccc3cnc(NC(=O)c4ccc5c(c4)CCNC5)cc3c2)cn1. The number of anilines is 1. The number of aryl methyl sites for hydroxylation is 1. The Morgan fingerprint density at radius 2 is 1.97 bits per heavy atom. The first kappa shape index (κ1) is 17.6. The lowest BCUT2D eigenvalue weighted by atomic mass is 9.98. The molecule has 1 aliphatic heterocycles. The summed E-state index contributed by atoms with van der Waals surface area (Å²) in [7, 11) is 1.90. The van der Waals surface area contributed by atoms with Crippen LogP contribution in [0.4, 0.5) is 5.82 Å². The highest BCUT2D eigenvalue weighted by atomic mass is 16.1. The molecule has 2 aromatic carbocycles. The second kappa shape index (κ2) is 7.14. The van der Waals surface area contributed by atoms with Gasteiger partial charge in [-0.1, -0.05) is 18.2 Å². The Kier molecular flexibility index (Phi) is 4.33. The van der Waals surface area contributed by atoms with Crippen LogP contribution in [0, 0.1) is 0 Å². The first-order valence-corrected chi connectivity index (χ1v) is 9.68. The molecule has 2 N–H and O–H groups in total. The fraction of sp³-hybridized carbons (Fsp3) is 0.174. The quantitative estimate of drug-likeness (QED) is 0.568. The molecule has 0 unspecified atom stereocenters. The Labute approximate surface area is 168 Å². The molecular weight excluding hydrogens is 362 g/mol. The summed E-state index contributed by atoms with van der Waals surface area (Å²) in [6.07, 6.45) is 6.56. The fourth-order valence-electron chi connectivity index (χ4n) is 3.77. The smallest absolute Gasteiger partial charge is 0.256 e. The Morgan fingerprint density at radius 3 is 2.83 bits per heavy atom. The third kappa shape index (κ3) is 3.50. The molecular formula is C23H21N5O. The number of fused-ring (bicyclic) bond motifs is 2. The molecule has 144 valence electrons. The second-order valence-electron chi connectivity index (χ2n) is 7.40. The number of pyridine rings is 1. The molecule has 6 heteroatoms. The van der Waals surface area contributed by atoms with Crippen molar-refractivity contribution in [1.82, 2.24) is 20.1 Å². The number of rotatable bonds is 3. The molecule has 5 rings (SSSR count). The van der Waals surface area contributed by atoms with Crippen LogP contribution in [0.25, 0.3) is 21.9 Å². The van der Waals surface area contributed by atoms with Crippen molar-refractivity contribution in [3.05, 3.63) is 77.7 Å². The Bertz CT molecular complexity index is 1230. The van der Waals surface area contributed by atoms with E-state index in [0.717, 1.165) is 41.4 Å². The van der Waals surface area contributed by atoms with Gasteiger partial charge in [0.25, 0.3) is 5.91 Å². The average Bonchev–Trinajstić information content (AvgIpc) is 3.19. The average molecular weight is 383 g/mol. The molecule has 0 bridgehead atoms. The van der Waals surface area contributed by atoms with E-state index in [9.17, 15) is 4.79 Å². The van der Waals surface area contributed by atoms with Gasteiger partial charge in [-0.2, -0.15) is 5.10 Å². The monoisotopic (exact) mass is 383 g/mol. The number of carbonyl (C=O) groups is 1. The minimum absolute atomic E-state index is 0.137. The topological polar surface area (TPSA) is 71.8 Å². The zero-order valence-corrected chi connectivity index (χ0v) is 16.1. The number of nitrogens with zero attached hydrogens (tertiary/aromatic N) is 3. The molecule has 0 spiro atoms. The summed E-state index contributed by atoms with van der Waals surface area (Å²) < 4.78 is 1.78. The number of benzene rings is 2. The predicted octanol–water partition coefficient (Wildman–Crippen LogP) is 3.53. The molecule has 0 fully saturated rings. The van der Waals surface area contributed by atoms with Crippen molar-refractivity contribution in [2.45, 2.75) is 13.0 Å². The molecule has 29 heavy (non-hydrogen) atoms.